The van der Waals surface area contributed by atoms with Gasteiger partial charge in [-0.2, -0.15) is 5.10 Å². The van der Waals surface area contributed by atoms with E-state index >= 15 is 0 Å². The maximum atomic E-state index is 14.7. The first-order chi connectivity index (χ1) is 17.3. The molecule has 4 aromatic rings. The molecule has 0 aliphatic heterocycles. The van der Waals surface area contributed by atoms with Gasteiger partial charge in [-0.05, 0) is 66.5 Å². The number of hydrogen-bond donors (Lipinski definition) is 3. The Hall–Kier alpha value is -3.76. The Morgan fingerprint density at radius 2 is 1.97 bits per heavy atom. The summed E-state index contributed by atoms with van der Waals surface area (Å²) >= 11 is 0. The Morgan fingerprint density at radius 3 is 2.69 bits per heavy atom. The van der Waals surface area contributed by atoms with Gasteiger partial charge >= 0.3 is 0 Å². The zero-order chi connectivity index (χ0) is 25.4. The van der Waals surface area contributed by atoms with E-state index in [1.807, 2.05) is 6.07 Å². The van der Waals surface area contributed by atoms with Crippen LogP contribution in [0.3, 0.4) is 0 Å². The van der Waals surface area contributed by atoms with Crippen molar-refractivity contribution in [1.29, 1.82) is 0 Å². The highest BCUT2D eigenvalue weighted by molar-refractivity contribution is 6.03. The molecule has 186 valence electrons. The van der Waals surface area contributed by atoms with E-state index in [-0.39, 0.29) is 40.0 Å². The van der Waals surface area contributed by atoms with Crippen LogP contribution in [0.5, 0.6) is 0 Å². The summed E-state index contributed by atoms with van der Waals surface area (Å²) in [5.74, 6) is -1.52. The van der Waals surface area contributed by atoms with Gasteiger partial charge in [0.25, 0.3) is 5.91 Å². The molecule has 3 unspecified atom stereocenters. The number of benzene rings is 1. The van der Waals surface area contributed by atoms with E-state index in [2.05, 4.69) is 27.3 Å². The lowest BCUT2D eigenvalue weighted by molar-refractivity contribution is 0.102. The Balaban J connectivity index is 1.47. The summed E-state index contributed by atoms with van der Waals surface area (Å²) in [5.41, 5.74) is 7.86. The highest BCUT2D eigenvalue weighted by Gasteiger charge is 2.28. The standard InChI is InChI=1S/C26H26F2N6O2/c1-14-6-16(10-17(29)7-14)18-2-4-30-12-23(18)33-26(36)22-3-5-34-25(32-22)19(11-31-34)24-20(27)8-15(13-35)9-21(24)28/h2-5,8-9,11-12,14,16-17,35H,6-7,10,13,29H2,1H3,(H,33,36). The molecular weight excluding hydrogens is 466 g/mol. The second-order valence-corrected chi connectivity index (χ2v) is 9.42. The van der Waals surface area contributed by atoms with Crippen molar-refractivity contribution in [1.82, 2.24) is 19.6 Å². The number of anilines is 1. The van der Waals surface area contributed by atoms with Gasteiger partial charge in [0.05, 0.1) is 35.8 Å². The zero-order valence-corrected chi connectivity index (χ0v) is 19.7. The first kappa shape index (κ1) is 24.0. The molecule has 0 saturated heterocycles. The SMILES string of the molecule is CC1CC(N)CC(c2ccncc2NC(=O)c2ccn3ncc(-c4c(F)cc(CO)cc4F)c3n2)C1. The molecule has 10 heteroatoms. The van der Waals surface area contributed by atoms with Crippen molar-refractivity contribution in [3.8, 4) is 11.1 Å². The molecule has 1 aliphatic carbocycles. The van der Waals surface area contributed by atoms with E-state index in [1.165, 1.54) is 23.0 Å². The highest BCUT2D eigenvalue weighted by atomic mass is 19.1. The number of aromatic nitrogens is 4. The average Bonchev–Trinajstić information content (AvgIpc) is 3.26. The lowest BCUT2D eigenvalue weighted by Gasteiger charge is -2.32. The predicted molar refractivity (Wildman–Crippen MR) is 130 cm³/mol. The molecule has 0 radical (unpaired) electrons. The van der Waals surface area contributed by atoms with Crippen molar-refractivity contribution in [3.05, 3.63) is 77.5 Å². The maximum absolute atomic E-state index is 14.7. The largest absolute Gasteiger partial charge is 0.392 e. The molecule has 5 rings (SSSR count). The second-order valence-electron chi connectivity index (χ2n) is 9.42. The van der Waals surface area contributed by atoms with Crippen molar-refractivity contribution < 1.29 is 18.7 Å². The number of nitrogens with one attached hydrogen (secondary N) is 1. The van der Waals surface area contributed by atoms with Gasteiger partial charge in [-0.15, -0.1) is 0 Å². The first-order valence-electron chi connectivity index (χ1n) is 11.8. The summed E-state index contributed by atoms with van der Waals surface area (Å²) in [5, 5.41) is 16.2. The molecule has 1 aliphatic rings. The average molecular weight is 493 g/mol. The number of aliphatic hydroxyl groups excluding tert-OH is 1. The van der Waals surface area contributed by atoms with Crippen LogP contribution in [0, 0.1) is 17.6 Å². The molecule has 1 saturated carbocycles. The van der Waals surface area contributed by atoms with Crippen molar-refractivity contribution in [2.24, 2.45) is 11.7 Å². The normalized spacial score (nSPS) is 20.0. The number of pyridine rings is 1. The van der Waals surface area contributed by atoms with Gasteiger partial charge < -0.3 is 16.2 Å². The summed E-state index contributed by atoms with van der Waals surface area (Å²) in [6, 6.07) is 5.60. The number of carbonyl (C=O) groups is 1. The van der Waals surface area contributed by atoms with Gasteiger partial charge in [0, 0.05) is 18.4 Å². The third-order valence-corrected chi connectivity index (χ3v) is 6.68. The Kier molecular flexibility index (Phi) is 6.46. The van der Waals surface area contributed by atoms with Crippen LogP contribution in [0.15, 0.2) is 49.1 Å². The second kappa shape index (κ2) is 9.71. The Bertz CT molecular complexity index is 1410. The van der Waals surface area contributed by atoms with E-state index < -0.39 is 24.1 Å². The molecule has 3 atom stereocenters. The monoisotopic (exact) mass is 492 g/mol. The van der Waals surface area contributed by atoms with Gasteiger partial charge in [-0.1, -0.05) is 6.92 Å². The number of nitrogens with zero attached hydrogens (tertiary/aromatic N) is 4. The molecule has 0 bridgehead atoms. The lowest BCUT2D eigenvalue weighted by Crippen LogP contribution is -2.31. The molecule has 4 N–H and O–H groups in total. The minimum atomic E-state index is -0.856. The Labute approximate surface area is 206 Å². The van der Waals surface area contributed by atoms with Crippen molar-refractivity contribution >= 4 is 17.2 Å². The van der Waals surface area contributed by atoms with E-state index in [0.717, 1.165) is 37.0 Å². The summed E-state index contributed by atoms with van der Waals surface area (Å²) < 4.78 is 30.7. The lowest BCUT2D eigenvalue weighted by atomic mass is 9.76. The molecule has 1 aromatic carbocycles. The fourth-order valence-corrected chi connectivity index (χ4v) is 5.11. The van der Waals surface area contributed by atoms with Crippen LogP contribution in [0.4, 0.5) is 14.5 Å². The topological polar surface area (TPSA) is 118 Å². The van der Waals surface area contributed by atoms with Gasteiger partial charge in [0.15, 0.2) is 5.65 Å². The van der Waals surface area contributed by atoms with Crippen molar-refractivity contribution in [2.75, 3.05) is 5.32 Å². The van der Waals surface area contributed by atoms with Gasteiger partial charge in [-0.25, -0.2) is 18.3 Å². The van der Waals surface area contributed by atoms with Gasteiger partial charge in [-0.3, -0.25) is 9.78 Å². The van der Waals surface area contributed by atoms with Crippen LogP contribution >= 0.6 is 0 Å². The quantitative estimate of drug-likeness (QED) is 0.387. The minimum absolute atomic E-state index is 0.0561. The Morgan fingerprint density at radius 1 is 1.19 bits per heavy atom. The number of aliphatic hydroxyl groups is 1. The molecule has 36 heavy (non-hydrogen) atoms. The molecule has 1 amide bonds. The number of rotatable bonds is 5. The van der Waals surface area contributed by atoms with Crippen LogP contribution in [-0.4, -0.2) is 36.6 Å². The van der Waals surface area contributed by atoms with Crippen LogP contribution in [0.1, 0.15) is 53.7 Å². The van der Waals surface area contributed by atoms with E-state index in [1.54, 1.807) is 12.4 Å². The highest BCUT2D eigenvalue weighted by Crippen LogP contribution is 2.38. The first-order valence-corrected chi connectivity index (χ1v) is 11.8. The number of amides is 1. The smallest absolute Gasteiger partial charge is 0.274 e. The maximum Gasteiger partial charge on any atom is 0.274 e. The van der Waals surface area contributed by atoms with E-state index in [0.29, 0.717) is 11.6 Å². The molecule has 1 fully saturated rings. The predicted octanol–water partition coefficient (Wildman–Crippen LogP) is 4.05. The number of hydrogen-bond acceptors (Lipinski definition) is 6. The number of nitrogens with two attached hydrogens (primary N) is 1. The van der Waals surface area contributed by atoms with Crippen molar-refractivity contribution in [2.45, 2.75) is 44.8 Å². The minimum Gasteiger partial charge on any atom is -0.392 e. The zero-order valence-electron chi connectivity index (χ0n) is 19.7. The molecule has 3 aromatic heterocycles. The van der Waals surface area contributed by atoms with Gasteiger partial charge in [0.1, 0.15) is 17.3 Å². The van der Waals surface area contributed by atoms with Crippen LogP contribution < -0.4 is 11.1 Å². The molecule has 8 nitrogen and oxygen atoms in total. The fraction of sp³-hybridized carbons (Fsp3) is 0.308. The van der Waals surface area contributed by atoms with E-state index in [4.69, 9.17) is 5.73 Å². The van der Waals surface area contributed by atoms with Crippen LogP contribution in [0.2, 0.25) is 0 Å². The fourth-order valence-electron chi connectivity index (χ4n) is 5.11. The number of fused-ring (bicyclic) bond motifs is 1. The summed E-state index contributed by atoms with van der Waals surface area (Å²) in [7, 11) is 0. The summed E-state index contributed by atoms with van der Waals surface area (Å²) in [6.07, 6.45) is 8.87. The third kappa shape index (κ3) is 4.57. The van der Waals surface area contributed by atoms with Gasteiger partial charge in [0.2, 0.25) is 0 Å². The summed E-state index contributed by atoms with van der Waals surface area (Å²) in [4.78, 5) is 21.7. The van der Waals surface area contributed by atoms with E-state index in [9.17, 15) is 18.7 Å². The molecule has 3 heterocycles. The molecular formula is C26H26F2N6O2. The number of halogens is 2. The molecule has 0 spiro atoms. The van der Waals surface area contributed by atoms with Crippen LogP contribution in [-0.2, 0) is 6.61 Å². The van der Waals surface area contributed by atoms with Crippen molar-refractivity contribution in [3.63, 3.8) is 0 Å². The van der Waals surface area contributed by atoms with Crippen LogP contribution in [0.25, 0.3) is 16.8 Å². The third-order valence-electron chi connectivity index (χ3n) is 6.68. The number of carbonyl (C=O) groups excluding carboxylic acids is 1. The summed E-state index contributed by atoms with van der Waals surface area (Å²) in [6.45, 7) is 1.68.